The van der Waals surface area contributed by atoms with Crippen LogP contribution < -0.4 is 0 Å². The predicted molar refractivity (Wildman–Crippen MR) is 74.7 cm³/mol. The first-order chi connectivity index (χ1) is 8.68. The van der Waals surface area contributed by atoms with E-state index < -0.39 is 5.97 Å². The first-order valence-electron chi connectivity index (χ1n) is 5.33. The molecule has 0 aromatic heterocycles. The van der Waals surface area contributed by atoms with Gasteiger partial charge in [-0.1, -0.05) is 48.0 Å². The van der Waals surface area contributed by atoms with Gasteiger partial charge in [0.15, 0.2) is 0 Å². The fraction of sp³-hybridized carbons (Fsp3) is 0.0714. The van der Waals surface area contributed by atoms with Crippen molar-refractivity contribution >= 4 is 33.5 Å². The standard InChI is InChI=1S/C14H10BrClO2/c15-13-11(7-4-8-12(13)16)14(17)18-9-10-5-2-1-3-6-10/h1-8H,9H2. The zero-order chi connectivity index (χ0) is 13.0. The second-order valence-electron chi connectivity index (χ2n) is 3.66. The molecule has 0 spiro atoms. The van der Waals surface area contributed by atoms with E-state index in [2.05, 4.69) is 15.9 Å². The summed E-state index contributed by atoms with van der Waals surface area (Å²) in [5, 5.41) is 0.490. The third-order valence-corrected chi connectivity index (χ3v) is 3.78. The minimum atomic E-state index is -0.395. The number of halogens is 2. The highest BCUT2D eigenvalue weighted by atomic mass is 79.9. The maximum atomic E-state index is 11.9. The van der Waals surface area contributed by atoms with Crippen LogP contribution in [0.4, 0.5) is 0 Å². The van der Waals surface area contributed by atoms with Crippen LogP contribution >= 0.6 is 27.5 Å². The van der Waals surface area contributed by atoms with Gasteiger partial charge in [0, 0.05) is 0 Å². The van der Waals surface area contributed by atoms with Crippen molar-refractivity contribution < 1.29 is 9.53 Å². The van der Waals surface area contributed by atoms with Crippen molar-refractivity contribution in [1.29, 1.82) is 0 Å². The van der Waals surface area contributed by atoms with Crippen molar-refractivity contribution in [2.75, 3.05) is 0 Å². The summed E-state index contributed by atoms with van der Waals surface area (Å²) in [6.45, 7) is 0.249. The van der Waals surface area contributed by atoms with Crippen LogP contribution in [-0.2, 0) is 11.3 Å². The van der Waals surface area contributed by atoms with Gasteiger partial charge in [-0.15, -0.1) is 0 Å². The zero-order valence-corrected chi connectivity index (χ0v) is 11.7. The summed E-state index contributed by atoms with van der Waals surface area (Å²) in [6.07, 6.45) is 0. The lowest BCUT2D eigenvalue weighted by atomic mass is 10.2. The molecule has 2 aromatic rings. The maximum absolute atomic E-state index is 11.9. The number of benzene rings is 2. The van der Waals surface area contributed by atoms with E-state index in [9.17, 15) is 4.79 Å². The lowest BCUT2D eigenvalue weighted by Crippen LogP contribution is -2.06. The normalized spacial score (nSPS) is 10.1. The second-order valence-corrected chi connectivity index (χ2v) is 4.86. The van der Waals surface area contributed by atoms with Crippen molar-refractivity contribution in [1.82, 2.24) is 0 Å². The summed E-state index contributed by atoms with van der Waals surface area (Å²) in [4.78, 5) is 11.9. The van der Waals surface area contributed by atoms with E-state index in [1.807, 2.05) is 30.3 Å². The summed E-state index contributed by atoms with van der Waals surface area (Å²) in [6, 6.07) is 14.6. The molecule has 92 valence electrons. The van der Waals surface area contributed by atoms with Crippen LogP contribution in [0.5, 0.6) is 0 Å². The van der Waals surface area contributed by atoms with E-state index in [-0.39, 0.29) is 6.61 Å². The SMILES string of the molecule is O=C(OCc1ccccc1)c1cccc(Cl)c1Br. The molecule has 0 atom stereocenters. The summed E-state index contributed by atoms with van der Waals surface area (Å²) in [7, 11) is 0. The molecule has 2 rings (SSSR count). The minimum Gasteiger partial charge on any atom is -0.457 e. The molecule has 0 unspecified atom stereocenters. The van der Waals surface area contributed by atoms with Crippen LogP contribution in [-0.4, -0.2) is 5.97 Å². The quantitative estimate of drug-likeness (QED) is 0.779. The Bertz CT molecular complexity index is 555. The van der Waals surface area contributed by atoms with Crippen LogP contribution in [0.2, 0.25) is 5.02 Å². The van der Waals surface area contributed by atoms with Gasteiger partial charge in [-0.05, 0) is 33.6 Å². The van der Waals surface area contributed by atoms with Crippen LogP contribution in [0.25, 0.3) is 0 Å². The Labute approximate surface area is 119 Å². The molecule has 0 radical (unpaired) electrons. The summed E-state index contributed by atoms with van der Waals surface area (Å²) < 4.78 is 5.78. The molecule has 0 fully saturated rings. The molecule has 0 aliphatic carbocycles. The average molecular weight is 326 g/mol. The number of hydrogen-bond acceptors (Lipinski definition) is 2. The van der Waals surface area contributed by atoms with Crippen LogP contribution in [0.1, 0.15) is 15.9 Å². The third-order valence-electron chi connectivity index (χ3n) is 2.38. The molecule has 2 aromatic carbocycles. The van der Waals surface area contributed by atoms with Gasteiger partial charge in [0.25, 0.3) is 0 Å². The Morgan fingerprint density at radius 1 is 1.11 bits per heavy atom. The number of rotatable bonds is 3. The van der Waals surface area contributed by atoms with E-state index in [4.69, 9.17) is 16.3 Å². The minimum absolute atomic E-state index is 0.249. The van der Waals surface area contributed by atoms with E-state index in [1.165, 1.54) is 0 Å². The Morgan fingerprint density at radius 2 is 1.83 bits per heavy atom. The number of ether oxygens (including phenoxy) is 1. The third kappa shape index (κ3) is 3.12. The summed E-state index contributed by atoms with van der Waals surface area (Å²) in [5.74, 6) is -0.395. The van der Waals surface area contributed by atoms with Gasteiger partial charge in [-0.2, -0.15) is 0 Å². The molecule has 0 heterocycles. The van der Waals surface area contributed by atoms with Crippen molar-refractivity contribution in [2.45, 2.75) is 6.61 Å². The smallest absolute Gasteiger partial charge is 0.339 e. The molecule has 0 bridgehead atoms. The molecule has 18 heavy (non-hydrogen) atoms. The van der Waals surface area contributed by atoms with Crippen LogP contribution in [0.3, 0.4) is 0 Å². The molecule has 0 aliphatic rings. The number of carbonyl (C=O) groups is 1. The van der Waals surface area contributed by atoms with Gasteiger partial charge in [0.05, 0.1) is 15.1 Å². The topological polar surface area (TPSA) is 26.3 Å². The van der Waals surface area contributed by atoms with Gasteiger partial charge in [-0.3, -0.25) is 0 Å². The van der Waals surface area contributed by atoms with Gasteiger partial charge in [0.2, 0.25) is 0 Å². The highest BCUT2D eigenvalue weighted by molar-refractivity contribution is 9.10. The van der Waals surface area contributed by atoms with E-state index in [1.54, 1.807) is 18.2 Å². The highest BCUT2D eigenvalue weighted by Gasteiger charge is 2.13. The average Bonchev–Trinajstić information content (AvgIpc) is 2.40. The Balaban J connectivity index is 2.07. The second kappa shape index (κ2) is 6.03. The van der Waals surface area contributed by atoms with E-state index in [0.29, 0.717) is 15.1 Å². The predicted octanol–water partition coefficient (Wildman–Crippen LogP) is 4.46. The van der Waals surface area contributed by atoms with Gasteiger partial charge < -0.3 is 4.74 Å². The molecule has 0 aliphatic heterocycles. The number of esters is 1. The van der Waals surface area contributed by atoms with Gasteiger partial charge >= 0.3 is 5.97 Å². The molecule has 0 N–H and O–H groups in total. The number of carbonyl (C=O) groups excluding carboxylic acids is 1. The van der Waals surface area contributed by atoms with Crippen molar-refractivity contribution in [2.24, 2.45) is 0 Å². The van der Waals surface area contributed by atoms with Gasteiger partial charge in [0.1, 0.15) is 6.61 Å². The Hall–Kier alpha value is -1.32. The van der Waals surface area contributed by atoms with Gasteiger partial charge in [-0.25, -0.2) is 4.79 Å². The molecule has 0 saturated carbocycles. The van der Waals surface area contributed by atoms with E-state index >= 15 is 0 Å². The van der Waals surface area contributed by atoms with E-state index in [0.717, 1.165) is 5.56 Å². The maximum Gasteiger partial charge on any atom is 0.339 e. The van der Waals surface area contributed by atoms with Crippen LogP contribution in [0.15, 0.2) is 53.0 Å². The zero-order valence-electron chi connectivity index (χ0n) is 9.40. The first-order valence-corrected chi connectivity index (χ1v) is 6.50. The fourth-order valence-electron chi connectivity index (χ4n) is 1.46. The first kappa shape index (κ1) is 13.1. The molecular weight excluding hydrogens is 316 g/mol. The number of hydrogen-bond donors (Lipinski definition) is 0. The van der Waals surface area contributed by atoms with Crippen LogP contribution in [0, 0.1) is 0 Å². The van der Waals surface area contributed by atoms with Crippen molar-refractivity contribution in [3.05, 3.63) is 69.2 Å². The monoisotopic (exact) mass is 324 g/mol. The Kier molecular flexibility index (Phi) is 4.39. The summed E-state index contributed by atoms with van der Waals surface area (Å²) in [5.41, 5.74) is 1.38. The summed E-state index contributed by atoms with van der Waals surface area (Å²) >= 11 is 9.19. The molecule has 2 nitrogen and oxygen atoms in total. The van der Waals surface area contributed by atoms with Crippen molar-refractivity contribution in [3.8, 4) is 0 Å². The molecule has 0 saturated heterocycles. The molecule has 0 amide bonds. The lowest BCUT2D eigenvalue weighted by molar-refractivity contribution is 0.0471. The van der Waals surface area contributed by atoms with Crippen molar-refractivity contribution in [3.63, 3.8) is 0 Å². The Morgan fingerprint density at radius 3 is 2.56 bits per heavy atom. The fourth-order valence-corrected chi connectivity index (χ4v) is 2.06. The largest absolute Gasteiger partial charge is 0.457 e. The highest BCUT2D eigenvalue weighted by Crippen LogP contribution is 2.26. The molecular formula is C14H10BrClO2. The lowest BCUT2D eigenvalue weighted by Gasteiger charge is -2.07. The molecule has 4 heteroatoms.